The minimum Gasteiger partial charge on any atom is -0.352 e. The third-order valence-corrected chi connectivity index (χ3v) is 4.47. The van der Waals surface area contributed by atoms with Crippen LogP contribution < -0.4 is 16.4 Å². The van der Waals surface area contributed by atoms with Crippen LogP contribution in [0.2, 0.25) is 0 Å². The smallest absolute Gasteiger partial charge is 0.255 e. The highest BCUT2D eigenvalue weighted by molar-refractivity contribution is 6.04. The van der Waals surface area contributed by atoms with Crippen LogP contribution in [0.25, 0.3) is 0 Å². The Morgan fingerprint density at radius 2 is 1.80 bits per heavy atom. The summed E-state index contributed by atoms with van der Waals surface area (Å²) in [6.07, 6.45) is 5.79. The normalized spacial score (nSPS) is 19.4. The van der Waals surface area contributed by atoms with E-state index in [2.05, 4.69) is 15.6 Å². The zero-order valence-electron chi connectivity index (χ0n) is 13.9. The highest BCUT2D eigenvalue weighted by Gasteiger charge is 2.27. The maximum absolute atomic E-state index is 12.2. The number of pyridine rings is 1. The average molecular weight is 338 g/mol. The fourth-order valence-electron chi connectivity index (χ4n) is 3.00. The van der Waals surface area contributed by atoms with Crippen molar-refractivity contribution in [2.24, 2.45) is 11.7 Å². The topological polar surface area (TPSA) is 97.1 Å². The Bertz CT molecular complexity index is 731. The number of amides is 2. The third kappa shape index (κ3) is 4.64. The minimum atomic E-state index is -0.179. The van der Waals surface area contributed by atoms with Crippen molar-refractivity contribution in [1.82, 2.24) is 10.3 Å². The molecule has 1 fully saturated rings. The average Bonchev–Trinajstić information content (AvgIpc) is 3.07. The number of hydrogen-bond acceptors (Lipinski definition) is 4. The summed E-state index contributed by atoms with van der Waals surface area (Å²) >= 11 is 0. The van der Waals surface area contributed by atoms with Crippen molar-refractivity contribution in [3.8, 4) is 0 Å². The molecule has 2 atom stereocenters. The molecule has 2 aromatic rings. The first-order valence-corrected chi connectivity index (χ1v) is 8.45. The van der Waals surface area contributed by atoms with Crippen molar-refractivity contribution in [3.63, 3.8) is 0 Å². The van der Waals surface area contributed by atoms with Gasteiger partial charge in [0.15, 0.2) is 0 Å². The number of hydrogen-bond donors (Lipinski definition) is 3. The molecule has 1 heterocycles. The van der Waals surface area contributed by atoms with E-state index >= 15 is 0 Å². The molecule has 1 aliphatic rings. The largest absolute Gasteiger partial charge is 0.352 e. The molecule has 3 rings (SSSR count). The van der Waals surface area contributed by atoms with Gasteiger partial charge in [0.25, 0.3) is 5.91 Å². The van der Waals surface area contributed by atoms with Gasteiger partial charge >= 0.3 is 0 Å². The van der Waals surface area contributed by atoms with Gasteiger partial charge in [0.05, 0.1) is 0 Å². The first-order valence-electron chi connectivity index (χ1n) is 8.45. The SMILES string of the molecule is NC1CCC(C(=O)NCc2ccc(C(=O)Nc3ccncc3)cc2)C1. The van der Waals surface area contributed by atoms with E-state index in [-0.39, 0.29) is 23.8 Å². The highest BCUT2D eigenvalue weighted by atomic mass is 16.2. The quantitative estimate of drug-likeness (QED) is 0.777. The molecule has 6 nitrogen and oxygen atoms in total. The van der Waals surface area contributed by atoms with Crippen molar-refractivity contribution >= 4 is 17.5 Å². The van der Waals surface area contributed by atoms with Gasteiger partial charge in [0.1, 0.15) is 0 Å². The second kappa shape index (κ2) is 7.90. The number of carbonyl (C=O) groups is 2. The molecule has 1 aliphatic carbocycles. The van der Waals surface area contributed by atoms with Crippen molar-refractivity contribution in [3.05, 3.63) is 59.9 Å². The summed E-state index contributed by atoms with van der Waals surface area (Å²) in [5.74, 6) is -0.0883. The lowest BCUT2D eigenvalue weighted by Crippen LogP contribution is -2.30. The van der Waals surface area contributed by atoms with Crippen molar-refractivity contribution in [2.45, 2.75) is 31.8 Å². The second-order valence-corrected chi connectivity index (χ2v) is 6.37. The Balaban J connectivity index is 1.51. The van der Waals surface area contributed by atoms with Gasteiger partial charge in [0.2, 0.25) is 5.91 Å². The predicted molar refractivity (Wildman–Crippen MR) is 95.8 cm³/mol. The predicted octanol–water partition coefficient (Wildman–Crippen LogP) is 2.08. The van der Waals surface area contributed by atoms with Gasteiger partial charge in [0, 0.05) is 42.1 Å². The Labute approximate surface area is 146 Å². The summed E-state index contributed by atoms with van der Waals surface area (Å²) in [5.41, 5.74) is 8.07. The fourth-order valence-corrected chi connectivity index (χ4v) is 3.00. The van der Waals surface area contributed by atoms with Gasteiger partial charge in [-0.05, 0) is 49.1 Å². The number of anilines is 1. The summed E-state index contributed by atoms with van der Waals surface area (Å²) in [4.78, 5) is 28.2. The number of carbonyl (C=O) groups excluding carboxylic acids is 2. The van der Waals surface area contributed by atoms with Gasteiger partial charge in [-0.2, -0.15) is 0 Å². The molecule has 0 radical (unpaired) electrons. The zero-order valence-corrected chi connectivity index (χ0v) is 13.9. The number of nitrogens with two attached hydrogens (primary N) is 1. The van der Waals surface area contributed by atoms with Crippen LogP contribution >= 0.6 is 0 Å². The summed E-state index contributed by atoms with van der Waals surface area (Å²) in [6, 6.07) is 10.8. The van der Waals surface area contributed by atoms with Crippen LogP contribution in [0.3, 0.4) is 0 Å². The molecule has 130 valence electrons. The molecule has 1 aromatic carbocycles. The maximum Gasteiger partial charge on any atom is 0.255 e. The summed E-state index contributed by atoms with van der Waals surface area (Å²) in [7, 11) is 0. The number of nitrogens with zero attached hydrogens (tertiary/aromatic N) is 1. The minimum absolute atomic E-state index is 0.0282. The van der Waals surface area contributed by atoms with Gasteiger partial charge in [-0.3, -0.25) is 14.6 Å². The Hall–Kier alpha value is -2.73. The number of nitrogens with one attached hydrogen (secondary N) is 2. The Morgan fingerprint density at radius 3 is 2.44 bits per heavy atom. The standard InChI is InChI=1S/C19H22N4O2/c20-16-6-5-15(11-16)18(24)22-12-13-1-3-14(4-2-13)19(25)23-17-7-9-21-10-8-17/h1-4,7-10,15-16H,5-6,11-12,20H2,(H,22,24)(H,21,23,25). The molecule has 0 spiro atoms. The molecule has 2 amide bonds. The highest BCUT2D eigenvalue weighted by Crippen LogP contribution is 2.24. The summed E-state index contributed by atoms with van der Waals surface area (Å²) < 4.78 is 0. The number of aromatic nitrogens is 1. The molecule has 4 N–H and O–H groups in total. The van der Waals surface area contributed by atoms with E-state index < -0.39 is 0 Å². The second-order valence-electron chi connectivity index (χ2n) is 6.37. The van der Waals surface area contributed by atoms with Crippen molar-refractivity contribution in [2.75, 3.05) is 5.32 Å². The molecule has 1 saturated carbocycles. The van der Waals surface area contributed by atoms with Crippen molar-refractivity contribution < 1.29 is 9.59 Å². The molecule has 25 heavy (non-hydrogen) atoms. The van der Waals surface area contributed by atoms with Gasteiger partial charge in [-0.1, -0.05) is 12.1 Å². The van der Waals surface area contributed by atoms with Crippen LogP contribution in [0.5, 0.6) is 0 Å². The zero-order chi connectivity index (χ0) is 17.6. The molecule has 0 bridgehead atoms. The Morgan fingerprint density at radius 1 is 1.08 bits per heavy atom. The van der Waals surface area contributed by atoms with Crippen LogP contribution in [0, 0.1) is 5.92 Å². The van der Waals surface area contributed by atoms with Crippen LogP contribution in [-0.4, -0.2) is 22.8 Å². The lowest BCUT2D eigenvalue weighted by Gasteiger charge is -2.11. The maximum atomic E-state index is 12.2. The van der Waals surface area contributed by atoms with Crippen LogP contribution in [0.1, 0.15) is 35.2 Å². The first kappa shape index (κ1) is 17.1. The van der Waals surface area contributed by atoms with Gasteiger partial charge in [-0.25, -0.2) is 0 Å². The van der Waals surface area contributed by atoms with E-state index in [1.54, 1.807) is 36.7 Å². The van der Waals surface area contributed by atoms with Crippen molar-refractivity contribution in [1.29, 1.82) is 0 Å². The lowest BCUT2D eigenvalue weighted by atomic mass is 10.1. The molecular weight excluding hydrogens is 316 g/mol. The molecule has 1 aromatic heterocycles. The number of rotatable bonds is 5. The molecule has 2 unspecified atom stereocenters. The van der Waals surface area contributed by atoms with E-state index in [0.29, 0.717) is 17.8 Å². The Kier molecular flexibility index (Phi) is 5.40. The van der Waals surface area contributed by atoms with Crippen LogP contribution in [0.15, 0.2) is 48.8 Å². The van der Waals surface area contributed by atoms with E-state index in [9.17, 15) is 9.59 Å². The van der Waals surface area contributed by atoms with Crippen LogP contribution in [-0.2, 0) is 11.3 Å². The number of benzene rings is 1. The van der Waals surface area contributed by atoms with E-state index in [4.69, 9.17) is 5.73 Å². The fraction of sp³-hybridized carbons (Fsp3) is 0.316. The van der Waals surface area contributed by atoms with E-state index in [0.717, 1.165) is 24.8 Å². The summed E-state index contributed by atoms with van der Waals surface area (Å²) in [5, 5.41) is 5.76. The lowest BCUT2D eigenvalue weighted by molar-refractivity contribution is -0.125. The van der Waals surface area contributed by atoms with Gasteiger partial charge in [-0.15, -0.1) is 0 Å². The van der Waals surface area contributed by atoms with E-state index in [1.165, 1.54) is 0 Å². The monoisotopic (exact) mass is 338 g/mol. The molecule has 6 heteroatoms. The third-order valence-electron chi connectivity index (χ3n) is 4.47. The van der Waals surface area contributed by atoms with Gasteiger partial charge < -0.3 is 16.4 Å². The molecule has 0 aliphatic heterocycles. The van der Waals surface area contributed by atoms with E-state index in [1.807, 2.05) is 12.1 Å². The van der Waals surface area contributed by atoms with Crippen LogP contribution in [0.4, 0.5) is 5.69 Å². The first-order chi connectivity index (χ1) is 12.1. The summed E-state index contributed by atoms with van der Waals surface area (Å²) in [6.45, 7) is 0.455. The molecule has 0 saturated heterocycles. The molecular formula is C19H22N4O2.